The molecule has 0 unspecified atom stereocenters. The van der Waals surface area contributed by atoms with Crippen molar-refractivity contribution in [2.24, 2.45) is 5.92 Å². The molecule has 0 radical (unpaired) electrons. The van der Waals surface area contributed by atoms with E-state index in [1.54, 1.807) is 6.92 Å². The zero-order valence-electron chi connectivity index (χ0n) is 18.5. The molecular formula is C22H28O9. The summed E-state index contributed by atoms with van der Waals surface area (Å²) in [5.41, 5.74) is -1.65. The predicted octanol–water partition coefficient (Wildman–Crippen LogP) is 1.54. The summed E-state index contributed by atoms with van der Waals surface area (Å²) < 4.78 is 21.7. The number of aliphatic hydroxyl groups is 1. The van der Waals surface area contributed by atoms with E-state index in [1.165, 1.54) is 39.8 Å². The lowest BCUT2D eigenvalue weighted by Gasteiger charge is -2.42. The molecule has 0 amide bonds. The van der Waals surface area contributed by atoms with E-state index in [1.807, 2.05) is 0 Å². The number of fused-ring (bicyclic) bond motifs is 1. The van der Waals surface area contributed by atoms with Gasteiger partial charge in [0.05, 0.1) is 5.92 Å². The molecule has 0 aromatic rings. The van der Waals surface area contributed by atoms with Gasteiger partial charge in [0.15, 0.2) is 12.2 Å². The zero-order valence-corrected chi connectivity index (χ0v) is 18.5. The number of cyclic esters (lactones) is 1. The summed E-state index contributed by atoms with van der Waals surface area (Å²) in [4.78, 5) is 49.3. The third kappa shape index (κ3) is 4.87. The molecule has 1 N–H and O–H groups in total. The molecule has 0 bridgehead atoms. The number of carbonyl (C=O) groups excluding carboxylic acids is 4. The number of carbonyl (C=O) groups is 4. The maximum Gasteiger partial charge on any atom is 0.334 e. The van der Waals surface area contributed by atoms with E-state index in [-0.39, 0.29) is 16.7 Å². The highest BCUT2D eigenvalue weighted by Gasteiger charge is 2.56. The lowest BCUT2D eigenvalue weighted by Crippen LogP contribution is -2.60. The molecule has 0 saturated carbocycles. The lowest BCUT2D eigenvalue weighted by atomic mass is 9.79. The van der Waals surface area contributed by atoms with Crippen LogP contribution in [0.25, 0.3) is 0 Å². The van der Waals surface area contributed by atoms with Crippen LogP contribution in [-0.4, -0.2) is 59.0 Å². The average molecular weight is 436 g/mol. The Labute approximate surface area is 180 Å². The van der Waals surface area contributed by atoms with Crippen molar-refractivity contribution in [3.05, 3.63) is 35.5 Å². The summed E-state index contributed by atoms with van der Waals surface area (Å²) in [6, 6.07) is 0. The van der Waals surface area contributed by atoms with E-state index >= 15 is 0 Å². The number of rotatable bonds is 3. The number of ether oxygens (including phenoxy) is 4. The fourth-order valence-electron chi connectivity index (χ4n) is 3.40. The Hall–Kier alpha value is -2.94. The molecule has 9 heteroatoms. The van der Waals surface area contributed by atoms with E-state index in [9.17, 15) is 24.3 Å². The second-order valence-electron chi connectivity index (χ2n) is 7.92. The number of hydrogen-bond donors (Lipinski definition) is 1. The second kappa shape index (κ2) is 9.05. The van der Waals surface area contributed by atoms with Gasteiger partial charge in [0.2, 0.25) is 0 Å². The molecule has 6 atom stereocenters. The minimum absolute atomic E-state index is 0.0421. The Kier molecular flexibility index (Phi) is 7.10. The van der Waals surface area contributed by atoms with Gasteiger partial charge < -0.3 is 24.1 Å². The number of esters is 4. The van der Waals surface area contributed by atoms with Crippen LogP contribution in [0.5, 0.6) is 0 Å². The summed E-state index contributed by atoms with van der Waals surface area (Å²) in [6.07, 6.45) is -2.21. The van der Waals surface area contributed by atoms with Crippen molar-refractivity contribution in [1.29, 1.82) is 0 Å². The van der Waals surface area contributed by atoms with Gasteiger partial charge in [0, 0.05) is 23.6 Å². The van der Waals surface area contributed by atoms with Crippen LogP contribution in [0.1, 0.15) is 41.5 Å². The molecule has 0 aliphatic carbocycles. The Morgan fingerprint density at radius 3 is 2.35 bits per heavy atom. The minimum Gasteiger partial charge on any atom is -0.456 e. The second-order valence-corrected chi connectivity index (χ2v) is 7.92. The van der Waals surface area contributed by atoms with Gasteiger partial charge in [0.25, 0.3) is 0 Å². The summed E-state index contributed by atoms with van der Waals surface area (Å²) in [6.45, 7) is 12.2. The van der Waals surface area contributed by atoms with Crippen LogP contribution in [-0.2, 0) is 38.1 Å². The molecule has 0 aromatic carbocycles. The van der Waals surface area contributed by atoms with Crippen LogP contribution >= 0.6 is 0 Å². The van der Waals surface area contributed by atoms with Crippen LogP contribution in [0, 0.1) is 5.92 Å². The van der Waals surface area contributed by atoms with Gasteiger partial charge in [-0.3, -0.25) is 4.79 Å². The first kappa shape index (κ1) is 24.3. The van der Waals surface area contributed by atoms with Crippen LogP contribution in [0.2, 0.25) is 0 Å². The van der Waals surface area contributed by atoms with Crippen molar-refractivity contribution in [2.75, 3.05) is 0 Å². The topological polar surface area (TPSA) is 125 Å². The van der Waals surface area contributed by atoms with Crippen LogP contribution in [0.15, 0.2) is 35.5 Å². The van der Waals surface area contributed by atoms with Crippen molar-refractivity contribution >= 4 is 23.9 Å². The van der Waals surface area contributed by atoms with Gasteiger partial charge >= 0.3 is 23.9 Å². The first-order valence-electron chi connectivity index (χ1n) is 9.83. The molecule has 2 aliphatic rings. The van der Waals surface area contributed by atoms with Crippen LogP contribution in [0.4, 0.5) is 0 Å². The maximum absolute atomic E-state index is 12.6. The van der Waals surface area contributed by atoms with Gasteiger partial charge in [-0.05, 0) is 40.7 Å². The zero-order chi connectivity index (χ0) is 23.7. The van der Waals surface area contributed by atoms with Crippen molar-refractivity contribution in [3.8, 4) is 0 Å². The monoisotopic (exact) mass is 436 g/mol. The highest BCUT2D eigenvalue weighted by molar-refractivity contribution is 5.93. The normalized spacial score (nSPS) is 35.8. The standard InChI is InChI=1S/C22H28O9/c1-8-10(2)19(24)31-17-16-12(4)21(26)30-15(16)9-11(3)20(25)28-13(5)22(7,27)18(17)29-14(6)23/h8-9,13,15-18,27H,4H2,1-3,5-7H3/b10-8-,11-9-/t13-,15-,16+,17+,18+,22-/m1/s1. The molecule has 31 heavy (non-hydrogen) atoms. The molecule has 0 aromatic heterocycles. The van der Waals surface area contributed by atoms with Crippen molar-refractivity contribution < 1.29 is 43.2 Å². The van der Waals surface area contributed by atoms with Gasteiger partial charge in [-0.15, -0.1) is 0 Å². The smallest absolute Gasteiger partial charge is 0.334 e. The van der Waals surface area contributed by atoms with E-state index in [0.29, 0.717) is 0 Å². The summed E-state index contributed by atoms with van der Waals surface area (Å²) in [5, 5.41) is 11.3. The molecule has 1 saturated heterocycles. The Morgan fingerprint density at radius 1 is 1.19 bits per heavy atom. The van der Waals surface area contributed by atoms with Crippen LogP contribution in [0.3, 0.4) is 0 Å². The maximum atomic E-state index is 12.6. The average Bonchev–Trinajstić information content (AvgIpc) is 2.95. The first-order valence-corrected chi connectivity index (χ1v) is 9.83. The van der Waals surface area contributed by atoms with E-state index < -0.39 is 59.8 Å². The fourth-order valence-corrected chi connectivity index (χ4v) is 3.40. The van der Waals surface area contributed by atoms with Gasteiger partial charge in [-0.25, -0.2) is 14.4 Å². The van der Waals surface area contributed by atoms with Crippen molar-refractivity contribution in [1.82, 2.24) is 0 Å². The van der Waals surface area contributed by atoms with Gasteiger partial charge in [0.1, 0.15) is 17.8 Å². The van der Waals surface area contributed by atoms with Crippen molar-refractivity contribution in [3.63, 3.8) is 0 Å². The highest BCUT2D eigenvalue weighted by atomic mass is 16.6. The Bertz CT molecular complexity index is 864. The molecular weight excluding hydrogens is 408 g/mol. The van der Waals surface area contributed by atoms with E-state index in [4.69, 9.17) is 18.9 Å². The Morgan fingerprint density at radius 2 is 1.81 bits per heavy atom. The summed E-state index contributed by atoms with van der Waals surface area (Å²) >= 11 is 0. The third-order valence-electron chi connectivity index (χ3n) is 5.62. The molecule has 9 nitrogen and oxygen atoms in total. The molecule has 2 aliphatic heterocycles. The third-order valence-corrected chi connectivity index (χ3v) is 5.62. The quantitative estimate of drug-likeness (QED) is 0.398. The van der Waals surface area contributed by atoms with Gasteiger partial charge in [-0.1, -0.05) is 12.7 Å². The molecule has 1 fully saturated rings. The molecule has 2 rings (SSSR count). The van der Waals surface area contributed by atoms with Gasteiger partial charge in [-0.2, -0.15) is 0 Å². The number of hydrogen-bond acceptors (Lipinski definition) is 9. The first-order chi connectivity index (χ1) is 14.3. The molecule has 0 spiro atoms. The SMILES string of the molecule is C=C1C(=O)O[C@@H]2/C=C(/C)C(=O)O[C@H](C)[C@@](C)(O)[C@@H](OC(C)=O)[C@@H](OC(=O)/C(C)=C\C)[C@@H]12. The van der Waals surface area contributed by atoms with Crippen molar-refractivity contribution in [2.45, 2.75) is 71.6 Å². The fraction of sp³-hybridized carbons (Fsp3) is 0.545. The minimum atomic E-state index is -2.00. The summed E-state index contributed by atoms with van der Waals surface area (Å²) in [7, 11) is 0. The van der Waals surface area contributed by atoms with E-state index in [2.05, 4.69) is 6.58 Å². The van der Waals surface area contributed by atoms with Crippen LogP contribution < -0.4 is 0 Å². The Balaban J connectivity index is 2.73. The summed E-state index contributed by atoms with van der Waals surface area (Å²) in [5.74, 6) is -4.05. The predicted molar refractivity (Wildman–Crippen MR) is 107 cm³/mol. The largest absolute Gasteiger partial charge is 0.456 e. The molecule has 2 heterocycles. The lowest BCUT2D eigenvalue weighted by molar-refractivity contribution is -0.214. The molecule has 170 valence electrons. The van der Waals surface area contributed by atoms with E-state index in [0.717, 1.165) is 6.92 Å². The highest BCUT2D eigenvalue weighted by Crippen LogP contribution is 2.39. The number of allylic oxidation sites excluding steroid dienone is 1.